The van der Waals surface area contributed by atoms with E-state index in [4.69, 9.17) is 9.97 Å². The van der Waals surface area contributed by atoms with Crippen LogP contribution in [0.3, 0.4) is 0 Å². The van der Waals surface area contributed by atoms with Crippen molar-refractivity contribution in [2.45, 2.75) is 105 Å². The Hall–Kier alpha value is -7.54. The highest BCUT2D eigenvalue weighted by molar-refractivity contribution is 6.12. The Morgan fingerprint density at radius 3 is 1.43 bits per heavy atom. The molecule has 0 atom stereocenters. The van der Waals surface area contributed by atoms with Crippen LogP contribution in [0.2, 0.25) is 0 Å². The first kappa shape index (κ1) is 45.6. The minimum Gasteiger partial charge on any atom is -0.355 e. The fourth-order valence-corrected chi connectivity index (χ4v) is 9.44. The number of H-pyrrole nitrogens is 2. The smallest absolute Gasteiger partial charge is 0.0991 e. The van der Waals surface area contributed by atoms with Crippen molar-refractivity contribution in [2.75, 3.05) is 0 Å². The number of hydrogen-bond donors (Lipinski definition) is 2. The second kappa shape index (κ2) is 16.7. The van der Waals surface area contributed by atoms with Gasteiger partial charge in [0.25, 0.3) is 0 Å². The van der Waals surface area contributed by atoms with Crippen LogP contribution in [0.4, 0.5) is 0 Å². The summed E-state index contributed by atoms with van der Waals surface area (Å²) in [6, 6.07) is 44.9. The standard InChI is InChI=1S/C62H60N6/c1-59(2,3)41-21-27-48(51(29-41)61(7,8)9)55-53-34-46-26-25-44(66-46)31-43-23-24-45(65-43)32-47-33-50(39-17-13-37(35-63)14-18-39)57(67-47)54(40-19-15-38(36-64)16-20-40)58(68-53)56(55)49-28-22-42(60(4,5)6)30-52(49)62(10,11)12/h13-34,65,68H,1-12H3. The molecule has 0 spiro atoms. The topological polar surface area (TPSA) is 105 Å². The maximum Gasteiger partial charge on any atom is 0.0991 e. The average Bonchev–Trinajstić information content (AvgIpc) is 4.10. The Morgan fingerprint density at radius 1 is 0.441 bits per heavy atom. The van der Waals surface area contributed by atoms with E-state index >= 15 is 0 Å². The second-order valence-corrected chi connectivity index (χ2v) is 22.5. The molecule has 0 fully saturated rings. The molecule has 0 aliphatic carbocycles. The molecule has 2 aliphatic heterocycles. The second-order valence-electron chi connectivity index (χ2n) is 22.5. The molecule has 338 valence electrons. The maximum atomic E-state index is 10.1. The lowest BCUT2D eigenvalue weighted by molar-refractivity contribution is 0.569. The Labute approximate surface area is 401 Å². The quantitative estimate of drug-likeness (QED) is 0.184. The number of hydrogen-bond acceptors (Lipinski definition) is 4. The van der Waals surface area contributed by atoms with Gasteiger partial charge < -0.3 is 9.97 Å². The van der Waals surface area contributed by atoms with Crippen LogP contribution in [0.5, 0.6) is 0 Å². The van der Waals surface area contributed by atoms with E-state index in [2.05, 4.69) is 190 Å². The summed E-state index contributed by atoms with van der Waals surface area (Å²) in [6.07, 6.45) is 6.31. The molecule has 0 amide bonds. The summed E-state index contributed by atoms with van der Waals surface area (Å²) >= 11 is 0. The minimum absolute atomic E-state index is 0.0754. The van der Waals surface area contributed by atoms with Crippen molar-refractivity contribution in [3.8, 4) is 45.5 Å². The first-order valence-corrected chi connectivity index (χ1v) is 23.6. The fraction of sp³-hybridized carbons (Fsp3) is 0.258. The van der Waals surface area contributed by atoms with Crippen molar-refractivity contribution < 1.29 is 0 Å². The Balaban J connectivity index is 1.60. The van der Waals surface area contributed by atoms with Gasteiger partial charge in [-0.15, -0.1) is 0 Å². The van der Waals surface area contributed by atoms with Crippen molar-refractivity contribution in [2.24, 2.45) is 0 Å². The van der Waals surface area contributed by atoms with E-state index in [0.29, 0.717) is 11.1 Å². The molecule has 0 saturated carbocycles. The SMILES string of the molecule is CC(C)(C)c1ccc(-c2c(-c3ccc(C(C)(C)C)cc3C(C)(C)C)c3[nH]c2cc2nc(cc4ccc(cc5nc(c3-c3ccc(C#N)cc3)C(c3ccc(C#N)cc3)=C5)[nH]4)C=C2)c(C(C)(C)C)c1. The van der Waals surface area contributed by atoms with Crippen LogP contribution in [0.25, 0.3) is 79.2 Å². The van der Waals surface area contributed by atoms with Gasteiger partial charge in [0.15, 0.2) is 0 Å². The lowest BCUT2D eigenvalue weighted by Gasteiger charge is -2.30. The van der Waals surface area contributed by atoms with Crippen molar-refractivity contribution in [3.63, 3.8) is 0 Å². The highest BCUT2D eigenvalue weighted by Gasteiger charge is 2.32. The number of nitriles is 2. The molecule has 0 unspecified atom stereocenters. The Morgan fingerprint density at radius 2 is 0.926 bits per heavy atom. The fourth-order valence-electron chi connectivity index (χ4n) is 9.44. The van der Waals surface area contributed by atoms with E-state index in [0.717, 1.165) is 89.4 Å². The normalized spacial score (nSPS) is 13.0. The summed E-state index contributed by atoms with van der Waals surface area (Å²) in [4.78, 5) is 18.5. The Bertz CT molecular complexity index is 3470. The zero-order valence-electron chi connectivity index (χ0n) is 41.5. The maximum absolute atomic E-state index is 10.1. The predicted octanol–water partition coefficient (Wildman–Crippen LogP) is 16.0. The third kappa shape index (κ3) is 8.76. The van der Waals surface area contributed by atoms with E-state index in [1.807, 2.05) is 48.5 Å². The summed E-state index contributed by atoms with van der Waals surface area (Å²) in [5.74, 6) is 0. The van der Waals surface area contributed by atoms with Gasteiger partial charge in [0.1, 0.15) is 0 Å². The van der Waals surface area contributed by atoms with Gasteiger partial charge in [0.2, 0.25) is 0 Å². The van der Waals surface area contributed by atoms with Gasteiger partial charge >= 0.3 is 0 Å². The molecule has 9 rings (SSSR count). The average molecular weight is 889 g/mol. The third-order valence-electron chi connectivity index (χ3n) is 13.2. The summed E-state index contributed by atoms with van der Waals surface area (Å²) in [5.41, 5.74) is 20.4. The number of nitrogens with one attached hydrogen (secondary N) is 2. The zero-order valence-corrected chi connectivity index (χ0v) is 41.5. The number of aromatic nitrogens is 4. The Kier molecular flexibility index (Phi) is 11.2. The van der Waals surface area contributed by atoms with Gasteiger partial charge in [-0.25, -0.2) is 9.97 Å². The summed E-state index contributed by atoms with van der Waals surface area (Å²) in [7, 11) is 0. The monoisotopic (exact) mass is 888 g/mol. The zero-order chi connectivity index (χ0) is 48.5. The van der Waals surface area contributed by atoms with Crippen molar-refractivity contribution in [1.82, 2.24) is 19.9 Å². The molecule has 8 bridgehead atoms. The summed E-state index contributed by atoms with van der Waals surface area (Å²) in [5, 5.41) is 20.0. The molecule has 0 saturated heterocycles. The van der Waals surface area contributed by atoms with E-state index in [1.54, 1.807) is 0 Å². The summed E-state index contributed by atoms with van der Waals surface area (Å²) < 4.78 is 0. The lowest BCUT2D eigenvalue weighted by atomic mass is 9.74. The predicted molar refractivity (Wildman–Crippen MR) is 284 cm³/mol. The molecule has 6 heteroatoms. The molecule has 0 radical (unpaired) electrons. The first-order valence-electron chi connectivity index (χ1n) is 23.6. The van der Waals surface area contributed by atoms with Crippen LogP contribution in [0, 0.1) is 22.7 Å². The van der Waals surface area contributed by atoms with Crippen LogP contribution >= 0.6 is 0 Å². The lowest BCUT2D eigenvalue weighted by Crippen LogP contribution is -2.18. The molecule has 2 aliphatic rings. The summed E-state index contributed by atoms with van der Waals surface area (Å²) in [6.45, 7) is 27.5. The van der Waals surface area contributed by atoms with Gasteiger partial charge in [-0.05, 0) is 139 Å². The highest BCUT2D eigenvalue weighted by Crippen LogP contribution is 2.51. The number of aromatic amines is 2. The number of nitrogens with zero attached hydrogens (tertiary/aromatic N) is 4. The van der Waals surface area contributed by atoms with Crippen LogP contribution in [0.15, 0.2) is 115 Å². The van der Waals surface area contributed by atoms with E-state index in [-0.39, 0.29) is 21.7 Å². The van der Waals surface area contributed by atoms with Crippen LogP contribution in [-0.2, 0) is 21.7 Å². The van der Waals surface area contributed by atoms with Gasteiger partial charge in [-0.2, -0.15) is 10.5 Å². The van der Waals surface area contributed by atoms with Crippen molar-refractivity contribution >= 4 is 45.9 Å². The number of rotatable bonds is 4. The molecular weight excluding hydrogens is 829 g/mol. The molecular formula is C62H60N6. The van der Waals surface area contributed by atoms with E-state index in [9.17, 15) is 10.5 Å². The molecule has 4 aromatic carbocycles. The van der Waals surface area contributed by atoms with Gasteiger partial charge in [0, 0.05) is 38.8 Å². The molecule has 68 heavy (non-hydrogen) atoms. The molecule has 2 N–H and O–H groups in total. The number of benzene rings is 4. The van der Waals surface area contributed by atoms with Crippen LogP contribution in [0.1, 0.15) is 145 Å². The van der Waals surface area contributed by atoms with E-state index in [1.165, 1.54) is 22.3 Å². The van der Waals surface area contributed by atoms with E-state index < -0.39 is 0 Å². The van der Waals surface area contributed by atoms with Crippen LogP contribution < -0.4 is 0 Å². The largest absolute Gasteiger partial charge is 0.355 e. The molecule has 3 aromatic heterocycles. The third-order valence-corrected chi connectivity index (χ3v) is 13.2. The van der Waals surface area contributed by atoms with Gasteiger partial charge in [-0.1, -0.05) is 144 Å². The molecule has 7 aromatic rings. The molecule has 6 nitrogen and oxygen atoms in total. The van der Waals surface area contributed by atoms with Crippen molar-refractivity contribution in [1.29, 1.82) is 10.5 Å². The van der Waals surface area contributed by atoms with Crippen molar-refractivity contribution in [3.05, 3.63) is 177 Å². The molecule has 5 heterocycles. The van der Waals surface area contributed by atoms with Gasteiger partial charge in [-0.3, -0.25) is 0 Å². The number of fused-ring (bicyclic) bond motifs is 8. The van der Waals surface area contributed by atoms with Crippen LogP contribution in [-0.4, -0.2) is 19.9 Å². The highest BCUT2D eigenvalue weighted by atomic mass is 14.8. The first-order chi connectivity index (χ1) is 32.1. The minimum atomic E-state index is -0.264. The van der Waals surface area contributed by atoms with Gasteiger partial charge in [0.05, 0.1) is 51.6 Å².